The number of hydrogen-bond donors (Lipinski definition) is 0. The van der Waals surface area contributed by atoms with E-state index < -0.39 is 0 Å². The molecule has 0 aliphatic heterocycles. The fraction of sp³-hybridized carbons (Fsp3) is 0. The van der Waals surface area contributed by atoms with Crippen LogP contribution in [0.1, 0.15) is 50.1 Å². The molecule has 0 fully saturated rings. The first-order chi connectivity index (χ1) is 45.4. The van der Waals surface area contributed by atoms with Crippen molar-refractivity contribution in [3.05, 3.63) is 396 Å². The van der Waals surface area contributed by atoms with E-state index in [-0.39, 0.29) is 11.6 Å². The fourth-order valence-electron chi connectivity index (χ4n) is 13.2. The summed E-state index contributed by atoms with van der Waals surface area (Å²) >= 11 is 0. The molecule has 0 bridgehead atoms. The maximum absolute atomic E-state index is 15.6. The Balaban J connectivity index is 0.822. The summed E-state index contributed by atoms with van der Waals surface area (Å²) in [5, 5.41) is 0. The highest BCUT2D eigenvalue weighted by atomic mass is 16.1. The Hall–Kier alpha value is -12.3. The third-order valence-electron chi connectivity index (χ3n) is 17.8. The summed E-state index contributed by atoms with van der Waals surface area (Å²) in [6.07, 6.45) is 6.31. The average Bonchev–Trinajstić information content (AvgIpc) is 1.60. The number of carbonyl (C=O) groups excluding carboxylic acids is 2. The molecule has 0 amide bonds. The molecule has 0 radical (unpaired) electrons. The van der Waals surface area contributed by atoms with Crippen molar-refractivity contribution in [2.24, 2.45) is 0 Å². The van der Waals surface area contributed by atoms with Gasteiger partial charge in [0.1, 0.15) is 0 Å². The van der Waals surface area contributed by atoms with Gasteiger partial charge in [0, 0.05) is 50.1 Å². The van der Waals surface area contributed by atoms with Gasteiger partial charge in [-0.3, -0.25) is 9.59 Å². The molecule has 0 saturated carbocycles. The third kappa shape index (κ3) is 10.8. The minimum absolute atomic E-state index is 0.0219. The number of ketones is 2. The van der Waals surface area contributed by atoms with E-state index in [1.54, 1.807) is 0 Å². The summed E-state index contributed by atoms with van der Waals surface area (Å²) in [7, 11) is 0. The van der Waals surface area contributed by atoms with Gasteiger partial charge >= 0.3 is 0 Å². The highest BCUT2D eigenvalue weighted by molar-refractivity contribution is 6.60. The molecule has 2 heteroatoms. The minimum Gasteiger partial charge on any atom is -0.289 e. The Labute approximate surface area is 537 Å². The van der Waals surface area contributed by atoms with Crippen molar-refractivity contribution in [1.29, 1.82) is 0 Å². The number of hydrogen-bond acceptors (Lipinski definition) is 2. The highest BCUT2D eigenvalue weighted by Crippen LogP contribution is 2.52. The van der Waals surface area contributed by atoms with Crippen LogP contribution in [0.3, 0.4) is 0 Å². The van der Waals surface area contributed by atoms with Gasteiger partial charge in [0.25, 0.3) is 0 Å². The predicted molar refractivity (Wildman–Crippen MR) is 383 cm³/mol. The van der Waals surface area contributed by atoms with Crippen molar-refractivity contribution >= 4 is 56.2 Å². The molecular formula is C90H58O2. The van der Waals surface area contributed by atoms with E-state index in [1.807, 2.05) is 109 Å². The molecular weight excluding hydrogens is 1110 g/mol. The van der Waals surface area contributed by atoms with Gasteiger partial charge in [-0.25, -0.2) is 0 Å². The summed E-state index contributed by atoms with van der Waals surface area (Å²) < 4.78 is 0. The zero-order valence-electron chi connectivity index (χ0n) is 50.3. The number of rotatable bonds is 14. The summed E-state index contributed by atoms with van der Waals surface area (Å²) in [5.74, 6) is 2.91. The Morgan fingerprint density at radius 1 is 0.163 bits per heavy atom. The van der Waals surface area contributed by atoms with E-state index in [1.165, 1.54) is 0 Å². The zero-order chi connectivity index (χ0) is 61.9. The second-order valence-electron chi connectivity index (χ2n) is 23.3. The van der Waals surface area contributed by atoms with E-state index in [0.717, 1.165) is 139 Å². The number of carbonyl (C=O) groups is 2. The van der Waals surface area contributed by atoms with E-state index in [4.69, 9.17) is 6.42 Å². The molecule has 0 saturated heterocycles. The molecule has 2 nitrogen and oxygen atoms in total. The Kier molecular flexibility index (Phi) is 15.1. The molecule has 13 aromatic carbocycles. The van der Waals surface area contributed by atoms with Crippen LogP contribution in [0.25, 0.3) is 111 Å². The molecule has 92 heavy (non-hydrogen) atoms. The highest BCUT2D eigenvalue weighted by Gasteiger charge is 2.37. The lowest BCUT2D eigenvalue weighted by Crippen LogP contribution is -2.02. The van der Waals surface area contributed by atoms with Crippen LogP contribution in [-0.4, -0.2) is 11.6 Å². The maximum Gasteiger partial charge on any atom is 0.195 e. The standard InChI is InChI=1S/C90H58O2/c1-2-60-57-79(69-41-45-73(46-42-69)83-81(71-29-17-7-18-30-71)85(75-49-33-65(34-50-75)61-21-9-3-10-22-61)89(91)87(83)77-53-37-67(38-54-77)63-25-13-5-14-26-63)59-80(58-60)70-43-47-74(48-44-70)84-82(72-31-19-8-20-32-72)86(76-51-35-66(36-52-76)62-23-11-4-12-24-62)90(92)88(84)78-55-39-68(40-56-78)64-27-15-6-16-28-64/h1,3-59H. The normalized spacial score (nSPS) is 13.1. The predicted octanol–water partition coefficient (Wildman–Crippen LogP) is 21.9. The lowest BCUT2D eigenvalue weighted by atomic mass is 9.87. The smallest absolute Gasteiger partial charge is 0.195 e. The van der Waals surface area contributed by atoms with Crippen LogP contribution in [0.15, 0.2) is 346 Å². The van der Waals surface area contributed by atoms with Gasteiger partial charge in [-0.2, -0.15) is 0 Å². The largest absolute Gasteiger partial charge is 0.289 e. The van der Waals surface area contributed by atoms with Crippen LogP contribution >= 0.6 is 0 Å². The first-order valence-corrected chi connectivity index (χ1v) is 31.1. The molecule has 0 unspecified atom stereocenters. The van der Waals surface area contributed by atoms with E-state index in [0.29, 0.717) is 22.3 Å². The van der Waals surface area contributed by atoms with Gasteiger partial charge in [0.05, 0.1) is 0 Å². The minimum atomic E-state index is -0.0219. The van der Waals surface area contributed by atoms with E-state index >= 15 is 9.59 Å². The number of allylic oxidation sites excluding steroid dienone is 8. The van der Waals surface area contributed by atoms with Crippen LogP contribution in [0, 0.1) is 12.3 Å². The summed E-state index contributed by atoms with van der Waals surface area (Å²) in [6, 6.07) is 119. The number of terminal acetylenes is 1. The summed E-state index contributed by atoms with van der Waals surface area (Å²) in [5.41, 5.74) is 26.7. The van der Waals surface area contributed by atoms with Gasteiger partial charge in [-0.15, -0.1) is 6.42 Å². The van der Waals surface area contributed by atoms with Crippen molar-refractivity contribution in [3.63, 3.8) is 0 Å². The quantitative estimate of drug-likeness (QED) is 0.102. The molecule has 0 heterocycles. The number of benzene rings is 13. The van der Waals surface area contributed by atoms with Gasteiger partial charge in [0.15, 0.2) is 11.6 Å². The molecule has 2 aliphatic carbocycles. The van der Waals surface area contributed by atoms with E-state index in [9.17, 15) is 0 Å². The second kappa shape index (κ2) is 24.7. The Morgan fingerprint density at radius 3 is 0.522 bits per heavy atom. The van der Waals surface area contributed by atoms with Crippen LogP contribution in [0.2, 0.25) is 0 Å². The molecule has 0 aromatic heterocycles. The SMILES string of the molecule is C#Cc1cc(-c2ccc(C3=C(c4ccc(-c5ccccc5)cc4)C(=O)C(c4ccc(-c5ccccc5)cc4)=C3c3ccccc3)cc2)cc(-c2ccc(C3=C(c4ccc(-c5ccccc5)cc4)C(=O)C(c4ccc(-c5ccccc5)cc4)=C3c3ccccc3)cc2)c1. The van der Waals surface area contributed by atoms with Crippen molar-refractivity contribution in [2.75, 3.05) is 0 Å². The van der Waals surface area contributed by atoms with Crippen molar-refractivity contribution in [3.8, 4) is 79.1 Å². The van der Waals surface area contributed by atoms with Crippen LogP contribution in [0.4, 0.5) is 0 Å². The van der Waals surface area contributed by atoms with E-state index in [2.05, 4.69) is 243 Å². The lowest BCUT2D eigenvalue weighted by molar-refractivity contribution is -0.109. The lowest BCUT2D eigenvalue weighted by Gasteiger charge is -2.16. The molecule has 13 aromatic rings. The summed E-state index contributed by atoms with van der Waals surface area (Å²) in [4.78, 5) is 31.2. The van der Waals surface area contributed by atoms with Gasteiger partial charge in [0.2, 0.25) is 0 Å². The molecule has 430 valence electrons. The molecule has 0 N–H and O–H groups in total. The summed E-state index contributed by atoms with van der Waals surface area (Å²) in [6.45, 7) is 0. The molecule has 15 rings (SSSR count). The fourth-order valence-corrected chi connectivity index (χ4v) is 13.2. The van der Waals surface area contributed by atoms with Crippen LogP contribution in [-0.2, 0) is 9.59 Å². The molecule has 2 aliphatic rings. The Morgan fingerprint density at radius 2 is 0.315 bits per heavy atom. The van der Waals surface area contributed by atoms with Gasteiger partial charge in [-0.05, 0) is 129 Å². The van der Waals surface area contributed by atoms with Crippen molar-refractivity contribution in [2.45, 2.75) is 0 Å². The molecule has 0 spiro atoms. The Bertz CT molecular complexity index is 4770. The second-order valence-corrected chi connectivity index (χ2v) is 23.3. The van der Waals surface area contributed by atoms with Crippen molar-refractivity contribution < 1.29 is 9.59 Å². The van der Waals surface area contributed by atoms with Crippen LogP contribution in [0.5, 0.6) is 0 Å². The maximum atomic E-state index is 15.6. The monoisotopic (exact) mass is 1170 g/mol. The topological polar surface area (TPSA) is 34.1 Å². The third-order valence-corrected chi connectivity index (χ3v) is 17.8. The average molecular weight is 1170 g/mol. The molecule has 0 atom stereocenters. The number of Topliss-reactive ketones (excluding diaryl/α,β-unsaturated/α-hetero) is 2. The van der Waals surface area contributed by atoms with Crippen LogP contribution < -0.4 is 0 Å². The van der Waals surface area contributed by atoms with Gasteiger partial charge < -0.3 is 0 Å². The van der Waals surface area contributed by atoms with Crippen molar-refractivity contribution in [1.82, 2.24) is 0 Å². The first kappa shape index (κ1) is 56.2. The zero-order valence-corrected chi connectivity index (χ0v) is 50.3. The first-order valence-electron chi connectivity index (χ1n) is 31.1. The van der Waals surface area contributed by atoms with Gasteiger partial charge in [-0.1, -0.05) is 334 Å².